The third kappa shape index (κ3) is 4.65. The topological polar surface area (TPSA) is 168 Å². The van der Waals surface area contributed by atoms with Crippen LogP contribution in [0.4, 0.5) is 0 Å². The van der Waals surface area contributed by atoms with Gasteiger partial charge in [-0.1, -0.05) is 12.1 Å². The van der Waals surface area contributed by atoms with Gasteiger partial charge in [0.1, 0.15) is 11.5 Å². The lowest BCUT2D eigenvalue weighted by molar-refractivity contribution is -0.181. The molecule has 5 rings (SSSR count). The number of ether oxygens (including phenoxy) is 1. The van der Waals surface area contributed by atoms with E-state index < -0.39 is 64.4 Å². The lowest BCUT2D eigenvalue weighted by atomic mass is 9.52. The highest BCUT2D eigenvalue weighted by molar-refractivity contribution is 6.32. The molecule has 11 heteroatoms. The Kier molecular flexibility index (Phi) is 8.02. The first kappa shape index (κ1) is 31.5. The van der Waals surface area contributed by atoms with Crippen LogP contribution in [-0.2, 0) is 32.1 Å². The van der Waals surface area contributed by atoms with Crippen LogP contribution < -0.4 is 10.5 Å². The molecule has 6 atom stereocenters. The highest BCUT2D eigenvalue weighted by Gasteiger charge is 2.69. The number of nitrogens with zero attached hydrogens (tertiary/aromatic N) is 2. The average Bonchev–Trinajstić information content (AvgIpc) is 2.94. The molecule has 4 N–H and O–H groups in total. The molecule has 2 aromatic carbocycles. The zero-order valence-corrected chi connectivity index (χ0v) is 25.8. The molecule has 3 aliphatic carbocycles. The maximum Gasteiger partial charge on any atom is 0.235 e. The SMILES string of the molecule is COc1ccc(CN(C)C(C)C)cc1-c1ccc(O)c2c1C[C@H]1C[C@H]3[C@H](N(C)C)C(=O)C(C(N)=O)C(=O)[C@@]3(O)C(=O)C1C2=O. The van der Waals surface area contributed by atoms with Crippen LogP contribution in [0.3, 0.4) is 0 Å². The van der Waals surface area contributed by atoms with E-state index in [1.165, 1.54) is 11.0 Å². The predicted molar refractivity (Wildman–Crippen MR) is 160 cm³/mol. The van der Waals surface area contributed by atoms with Crippen molar-refractivity contribution in [1.82, 2.24) is 9.80 Å². The molecule has 0 aromatic heterocycles. The third-order valence-electron chi connectivity index (χ3n) is 9.81. The van der Waals surface area contributed by atoms with Gasteiger partial charge in [0.15, 0.2) is 34.7 Å². The molecular weight excluding hydrogens is 566 g/mol. The second-order valence-corrected chi connectivity index (χ2v) is 12.8. The fraction of sp³-hybridized carbons (Fsp3) is 0.485. The molecule has 3 aliphatic rings. The monoisotopic (exact) mass is 605 g/mol. The predicted octanol–water partition coefficient (Wildman–Crippen LogP) is 1.38. The smallest absolute Gasteiger partial charge is 0.235 e. The molecule has 11 nitrogen and oxygen atoms in total. The van der Waals surface area contributed by atoms with Crippen LogP contribution in [0.15, 0.2) is 30.3 Å². The number of ketones is 4. The normalized spacial score (nSPS) is 28.3. The summed E-state index contributed by atoms with van der Waals surface area (Å²) in [7, 11) is 6.68. The molecule has 44 heavy (non-hydrogen) atoms. The number of aromatic hydroxyl groups is 1. The molecule has 2 fully saturated rings. The Bertz CT molecular complexity index is 1580. The summed E-state index contributed by atoms with van der Waals surface area (Å²) in [6, 6.07) is 8.05. The van der Waals surface area contributed by atoms with Crippen molar-refractivity contribution in [3.63, 3.8) is 0 Å². The van der Waals surface area contributed by atoms with Gasteiger partial charge in [0, 0.05) is 24.1 Å². The van der Waals surface area contributed by atoms with E-state index in [9.17, 15) is 34.2 Å². The summed E-state index contributed by atoms with van der Waals surface area (Å²) in [6.45, 7) is 4.85. The van der Waals surface area contributed by atoms with E-state index in [1.807, 2.05) is 25.2 Å². The first-order valence-electron chi connectivity index (χ1n) is 14.7. The lowest BCUT2D eigenvalue weighted by Gasteiger charge is -2.52. The summed E-state index contributed by atoms with van der Waals surface area (Å²) in [5, 5.41) is 22.7. The number of carbonyl (C=O) groups excluding carboxylic acids is 5. The van der Waals surface area contributed by atoms with Crippen molar-refractivity contribution >= 4 is 29.0 Å². The van der Waals surface area contributed by atoms with Crippen LogP contribution in [0.25, 0.3) is 11.1 Å². The van der Waals surface area contributed by atoms with E-state index in [0.29, 0.717) is 35.0 Å². The molecule has 0 aliphatic heterocycles. The minimum atomic E-state index is -2.76. The number of carbonyl (C=O) groups is 5. The van der Waals surface area contributed by atoms with Crippen molar-refractivity contribution in [2.45, 2.75) is 50.9 Å². The number of phenols is 1. The number of hydrogen-bond donors (Lipinski definition) is 3. The molecule has 0 saturated heterocycles. The molecule has 0 radical (unpaired) electrons. The maximum absolute atomic E-state index is 14.1. The van der Waals surface area contributed by atoms with Crippen LogP contribution in [-0.4, -0.2) is 95.0 Å². The number of rotatable bonds is 7. The second kappa shape index (κ2) is 11.2. The highest BCUT2D eigenvalue weighted by Crippen LogP contribution is 2.52. The van der Waals surface area contributed by atoms with Gasteiger partial charge in [0.25, 0.3) is 0 Å². The van der Waals surface area contributed by atoms with Crippen LogP contribution in [0.1, 0.15) is 41.8 Å². The van der Waals surface area contributed by atoms with Crippen LogP contribution in [0, 0.1) is 23.7 Å². The summed E-state index contributed by atoms with van der Waals surface area (Å²) in [5.41, 5.74) is 5.47. The Labute approximate surface area is 256 Å². The van der Waals surface area contributed by atoms with Gasteiger partial charge < -0.3 is 20.7 Å². The van der Waals surface area contributed by atoms with Crippen molar-refractivity contribution in [2.75, 3.05) is 28.3 Å². The highest BCUT2D eigenvalue weighted by atomic mass is 16.5. The van der Waals surface area contributed by atoms with Gasteiger partial charge in [-0.25, -0.2) is 0 Å². The Balaban J connectivity index is 1.64. The molecule has 0 spiro atoms. The number of likely N-dealkylation sites (N-methyl/N-ethyl adjacent to an activating group) is 1. The Morgan fingerprint density at radius 1 is 1.07 bits per heavy atom. The molecular formula is C33H39N3O8. The molecule has 2 aromatic rings. The maximum atomic E-state index is 14.1. The second-order valence-electron chi connectivity index (χ2n) is 12.8. The van der Waals surface area contributed by atoms with Crippen LogP contribution >= 0.6 is 0 Å². The number of benzene rings is 2. The lowest BCUT2D eigenvalue weighted by Crippen LogP contribution is -2.74. The number of phenolic OH excluding ortho intramolecular Hbond substituents is 1. The standard InChI is InChI=1S/C33H39N3O8/c1-15(2)36(5)14-16-7-10-23(44-6)19(11-16)18-8-9-22(37)25-20(18)12-17-13-21-27(35(3)4)29(39)26(32(34)42)31(41)33(21,43)30(40)24(17)28(25)38/h7-11,15,17,21,24,26-27,37,43H,12-14H2,1-6H3,(H2,34,42)/t17-,21-,24?,26?,27-,33-/m0/s1. The zero-order valence-electron chi connectivity index (χ0n) is 25.8. The number of Topliss-reactive ketones (excluding diaryl/α,β-unsaturated/α-hetero) is 4. The van der Waals surface area contributed by atoms with Gasteiger partial charge in [-0.15, -0.1) is 0 Å². The summed E-state index contributed by atoms with van der Waals surface area (Å²) in [5.74, 6) is -10.2. The van der Waals surface area contributed by atoms with Gasteiger partial charge in [0.2, 0.25) is 5.91 Å². The number of nitrogens with two attached hydrogens (primary N) is 1. The summed E-state index contributed by atoms with van der Waals surface area (Å²) >= 11 is 0. The fourth-order valence-electron chi connectivity index (χ4n) is 7.39. The number of methoxy groups -OCH3 is 1. The third-order valence-corrected chi connectivity index (χ3v) is 9.81. The largest absolute Gasteiger partial charge is 0.507 e. The zero-order chi connectivity index (χ0) is 32.4. The van der Waals surface area contributed by atoms with E-state index in [2.05, 4.69) is 18.7 Å². The van der Waals surface area contributed by atoms with Gasteiger partial charge in [0.05, 0.1) is 24.6 Å². The van der Waals surface area contributed by atoms with Gasteiger partial charge >= 0.3 is 0 Å². The van der Waals surface area contributed by atoms with Crippen molar-refractivity contribution in [3.8, 4) is 22.6 Å². The summed E-state index contributed by atoms with van der Waals surface area (Å²) in [6.07, 6.45) is 0.143. The summed E-state index contributed by atoms with van der Waals surface area (Å²) in [4.78, 5) is 70.9. The first-order chi connectivity index (χ1) is 20.6. The molecule has 0 bridgehead atoms. The number of fused-ring (bicyclic) bond motifs is 3. The number of hydrogen-bond acceptors (Lipinski definition) is 10. The van der Waals surface area contributed by atoms with E-state index >= 15 is 0 Å². The van der Waals surface area contributed by atoms with E-state index in [4.69, 9.17) is 10.5 Å². The van der Waals surface area contributed by atoms with Crippen molar-refractivity contribution in [1.29, 1.82) is 0 Å². The van der Waals surface area contributed by atoms with Gasteiger partial charge in [-0.05, 0) is 88.6 Å². The summed E-state index contributed by atoms with van der Waals surface area (Å²) < 4.78 is 5.69. The van der Waals surface area contributed by atoms with Crippen molar-refractivity contribution < 1.29 is 38.9 Å². The molecule has 1 amide bonds. The molecule has 234 valence electrons. The fourth-order valence-corrected chi connectivity index (χ4v) is 7.39. The molecule has 2 unspecified atom stereocenters. The van der Waals surface area contributed by atoms with Gasteiger partial charge in [-0.3, -0.25) is 33.8 Å². The minimum absolute atomic E-state index is 0.0185. The van der Waals surface area contributed by atoms with E-state index in [-0.39, 0.29) is 24.2 Å². The number of amides is 1. The molecule has 0 heterocycles. The first-order valence-corrected chi connectivity index (χ1v) is 14.7. The molecule has 2 saturated carbocycles. The minimum Gasteiger partial charge on any atom is -0.507 e. The Morgan fingerprint density at radius 3 is 2.34 bits per heavy atom. The van der Waals surface area contributed by atoms with Crippen LogP contribution in [0.2, 0.25) is 0 Å². The number of aliphatic hydroxyl groups is 1. The van der Waals surface area contributed by atoms with E-state index in [1.54, 1.807) is 27.3 Å². The van der Waals surface area contributed by atoms with Crippen molar-refractivity contribution in [2.24, 2.45) is 29.4 Å². The van der Waals surface area contributed by atoms with E-state index in [0.717, 1.165) is 5.56 Å². The quantitative estimate of drug-likeness (QED) is 0.392. The Morgan fingerprint density at radius 2 is 1.75 bits per heavy atom. The van der Waals surface area contributed by atoms with Gasteiger partial charge in [-0.2, -0.15) is 0 Å². The number of primary amides is 1. The Hall–Kier alpha value is -3.93. The van der Waals surface area contributed by atoms with Crippen LogP contribution in [0.5, 0.6) is 11.5 Å². The van der Waals surface area contributed by atoms with Crippen molar-refractivity contribution in [3.05, 3.63) is 47.0 Å². The average molecular weight is 606 g/mol.